The topological polar surface area (TPSA) is 79.8 Å². The van der Waals surface area contributed by atoms with Gasteiger partial charge >= 0.3 is 5.51 Å². The third-order valence-electron chi connectivity index (χ3n) is 4.71. The summed E-state index contributed by atoms with van der Waals surface area (Å²) < 4.78 is 38.6. The van der Waals surface area contributed by atoms with Gasteiger partial charge in [-0.1, -0.05) is 18.2 Å². The number of thioether (sulfide) groups is 1. The molecule has 10 heteroatoms. The molecule has 2 aromatic heterocycles. The number of benzene rings is 2. The quantitative estimate of drug-likeness (QED) is 0.308. The highest BCUT2D eigenvalue weighted by molar-refractivity contribution is 8.00. The van der Waals surface area contributed by atoms with Gasteiger partial charge in [-0.3, -0.25) is 9.78 Å². The van der Waals surface area contributed by atoms with Crippen LogP contribution in [0.25, 0.3) is 11.3 Å². The molecule has 4 aromatic rings. The Kier molecular flexibility index (Phi) is 6.78. The maximum absolute atomic E-state index is 12.9. The number of hydrogen-bond donors (Lipinski definition) is 2. The summed E-state index contributed by atoms with van der Waals surface area (Å²) in [4.78, 5) is 25.4. The molecular weight excluding hydrogens is 463 g/mol. The van der Waals surface area contributed by atoms with E-state index in [4.69, 9.17) is 0 Å². The molecule has 0 aliphatic carbocycles. The number of carbonyl (C=O) groups is 1. The van der Waals surface area contributed by atoms with E-state index in [2.05, 4.69) is 25.6 Å². The summed E-state index contributed by atoms with van der Waals surface area (Å²) >= 11 is -0.321. The van der Waals surface area contributed by atoms with Crippen LogP contribution in [0.5, 0.6) is 0 Å². The largest absolute Gasteiger partial charge is 0.446 e. The zero-order valence-electron chi connectivity index (χ0n) is 17.8. The third-order valence-corrected chi connectivity index (χ3v) is 5.52. The summed E-state index contributed by atoms with van der Waals surface area (Å²) in [5.74, 6) is -0.295. The van der Waals surface area contributed by atoms with Crippen molar-refractivity contribution in [2.45, 2.75) is 17.3 Å². The first-order chi connectivity index (χ1) is 16.3. The number of nitrogens with zero attached hydrogens (tertiary/aromatic N) is 3. The predicted molar refractivity (Wildman–Crippen MR) is 126 cm³/mol. The number of rotatable bonds is 6. The molecule has 2 N–H and O–H groups in total. The van der Waals surface area contributed by atoms with E-state index in [-0.39, 0.29) is 22.2 Å². The Morgan fingerprint density at radius 3 is 2.59 bits per heavy atom. The minimum Gasteiger partial charge on any atom is -0.324 e. The predicted octanol–water partition coefficient (Wildman–Crippen LogP) is 6.45. The Morgan fingerprint density at radius 2 is 1.82 bits per heavy atom. The summed E-state index contributed by atoms with van der Waals surface area (Å²) in [6, 6.07) is 16.2. The van der Waals surface area contributed by atoms with Crippen LogP contribution in [0.3, 0.4) is 0 Å². The number of anilines is 3. The first kappa shape index (κ1) is 23.2. The second-order valence-corrected chi connectivity index (χ2v) is 8.27. The molecule has 4 rings (SSSR count). The van der Waals surface area contributed by atoms with Gasteiger partial charge in [0.15, 0.2) is 0 Å². The average Bonchev–Trinajstić information content (AvgIpc) is 2.81. The standard InChI is InChI=1S/C24H18F3N5OS/c1-15-8-9-17(30-22(33)18-6-2-3-7-21(18)34-24(25,26)27)13-20(15)32-23-29-12-10-19(31-23)16-5-4-11-28-14-16/h2-14H,1H3,(H,30,33)(H,29,31,32). The fraction of sp³-hybridized carbons (Fsp3) is 0.0833. The summed E-state index contributed by atoms with van der Waals surface area (Å²) in [6.07, 6.45) is 4.99. The Balaban J connectivity index is 1.54. The highest BCUT2D eigenvalue weighted by Gasteiger charge is 2.31. The normalized spacial score (nSPS) is 11.2. The van der Waals surface area contributed by atoms with Crippen molar-refractivity contribution in [3.05, 3.63) is 90.4 Å². The third kappa shape index (κ3) is 5.90. The molecule has 0 atom stereocenters. The van der Waals surface area contributed by atoms with Crippen LogP contribution in [0.1, 0.15) is 15.9 Å². The molecule has 0 spiro atoms. The summed E-state index contributed by atoms with van der Waals surface area (Å²) in [7, 11) is 0. The van der Waals surface area contributed by atoms with Gasteiger partial charge in [0.25, 0.3) is 5.91 Å². The molecule has 0 bridgehead atoms. The van der Waals surface area contributed by atoms with E-state index >= 15 is 0 Å². The van der Waals surface area contributed by atoms with E-state index in [9.17, 15) is 18.0 Å². The van der Waals surface area contributed by atoms with Crippen LogP contribution in [0.4, 0.5) is 30.5 Å². The fourth-order valence-corrected chi connectivity index (χ4v) is 3.78. The molecule has 0 unspecified atom stereocenters. The lowest BCUT2D eigenvalue weighted by Gasteiger charge is -2.14. The molecule has 6 nitrogen and oxygen atoms in total. The van der Waals surface area contributed by atoms with Crippen LogP contribution >= 0.6 is 11.8 Å². The van der Waals surface area contributed by atoms with Crippen LogP contribution in [0.15, 0.2) is 84.1 Å². The lowest BCUT2D eigenvalue weighted by Crippen LogP contribution is -2.14. The van der Waals surface area contributed by atoms with Crippen LogP contribution < -0.4 is 10.6 Å². The van der Waals surface area contributed by atoms with Crippen molar-refractivity contribution >= 4 is 35.0 Å². The number of alkyl halides is 3. The summed E-state index contributed by atoms with van der Waals surface area (Å²) in [5.41, 5.74) is -1.13. The molecule has 1 amide bonds. The monoisotopic (exact) mass is 481 g/mol. The minimum absolute atomic E-state index is 0.0626. The molecule has 0 aliphatic rings. The van der Waals surface area contributed by atoms with Crippen molar-refractivity contribution < 1.29 is 18.0 Å². The van der Waals surface area contributed by atoms with E-state index in [0.29, 0.717) is 23.0 Å². The summed E-state index contributed by atoms with van der Waals surface area (Å²) in [6.45, 7) is 1.87. The maximum atomic E-state index is 12.9. The van der Waals surface area contributed by atoms with Gasteiger partial charge in [0.2, 0.25) is 5.95 Å². The number of amides is 1. The molecule has 0 fully saturated rings. The van der Waals surface area contributed by atoms with E-state index < -0.39 is 11.4 Å². The van der Waals surface area contributed by atoms with Gasteiger partial charge in [0.1, 0.15) is 0 Å². The SMILES string of the molecule is Cc1ccc(NC(=O)c2ccccc2SC(F)(F)F)cc1Nc1nccc(-c2cccnc2)n1. The average molecular weight is 482 g/mol. The van der Waals surface area contributed by atoms with Gasteiger partial charge in [-0.05, 0) is 66.7 Å². The Labute approximate surface area is 197 Å². The second kappa shape index (κ2) is 9.92. The smallest absolute Gasteiger partial charge is 0.324 e. The van der Waals surface area contributed by atoms with Crippen molar-refractivity contribution in [2.75, 3.05) is 10.6 Å². The lowest BCUT2D eigenvalue weighted by molar-refractivity contribution is -0.0328. The number of aryl methyl sites for hydroxylation is 1. The molecule has 2 aromatic carbocycles. The van der Waals surface area contributed by atoms with Gasteiger partial charge in [-0.15, -0.1) is 0 Å². The first-order valence-corrected chi connectivity index (χ1v) is 10.9. The van der Waals surface area contributed by atoms with Gasteiger partial charge in [-0.2, -0.15) is 13.2 Å². The van der Waals surface area contributed by atoms with Crippen molar-refractivity contribution in [2.24, 2.45) is 0 Å². The Bertz CT molecular complexity index is 1320. The molecule has 34 heavy (non-hydrogen) atoms. The van der Waals surface area contributed by atoms with E-state index in [1.54, 1.807) is 42.9 Å². The highest BCUT2D eigenvalue weighted by atomic mass is 32.2. The number of halogens is 3. The van der Waals surface area contributed by atoms with E-state index in [0.717, 1.165) is 11.1 Å². The molecule has 172 valence electrons. The zero-order valence-corrected chi connectivity index (χ0v) is 18.6. The number of hydrogen-bond acceptors (Lipinski definition) is 6. The van der Waals surface area contributed by atoms with Crippen molar-refractivity contribution in [3.63, 3.8) is 0 Å². The van der Waals surface area contributed by atoms with Crippen LogP contribution in [-0.4, -0.2) is 26.4 Å². The van der Waals surface area contributed by atoms with Gasteiger partial charge < -0.3 is 10.6 Å². The van der Waals surface area contributed by atoms with Gasteiger partial charge in [-0.25, -0.2) is 9.97 Å². The molecule has 0 saturated heterocycles. The Morgan fingerprint density at radius 1 is 1.00 bits per heavy atom. The molecule has 0 radical (unpaired) electrons. The number of carbonyl (C=O) groups excluding carboxylic acids is 1. The zero-order chi connectivity index (χ0) is 24.1. The lowest BCUT2D eigenvalue weighted by atomic mass is 10.1. The van der Waals surface area contributed by atoms with Gasteiger partial charge in [0, 0.05) is 40.4 Å². The first-order valence-electron chi connectivity index (χ1n) is 10.1. The Hall–Kier alpha value is -3.92. The summed E-state index contributed by atoms with van der Waals surface area (Å²) in [5, 5.41) is 5.80. The highest BCUT2D eigenvalue weighted by Crippen LogP contribution is 2.38. The number of pyridine rings is 1. The molecule has 0 saturated carbocycles. The van der Waals surface area contributed by atoms with Crippen molar-refractivity contribution in [1.29, 1.82) is 0 Å². The minimum atomic E-state index is -4.50. The number of nitrogens with one attached hydrogen (secondary N) is 2. The second-order valence-electron chi connectivity index (χ2n) is 7.16. The van der Waals surface area contributed by atoms with E-state index in [1.807, 2.05) is 19.1 Å². The fourth-order valence-electron chi connectivity index (χ4n) is 3.12. The molecular formula is C24H18F3N5OS. The van der Waals surface area contributed by atoms with Crippen LogP contribution in [0.2, 0.25) is 0 Å². The van der Waals surface area contributed by atoms with E-state index in [1.165, 1.54) is 24.3 Å². The molecule has 0 aliphatic heterocycles. The van der Waals surface area contributed by atoms with Crippen molar-refractivity contribution in [3.8, 4) is 11.3 Å². The molecule has 2 heterocycles. The van der Waals surface area contributed by atoms with Crippen LogP contribution in [-0.2, 0) is 0 Å². The maximum Gasteiger partial charge on any atom is 0.446 e. The van der Waals surface area contributed by atoms with Gasteiger partial charge in [0.05, 0.1) is 11.3 Å². The van der Waals surface area contributed by atoms with Crippen molar-refractivity contribution in [1.82, 2.24) is 15.0 Å². The van der Waals surface area contributed by atoms with Crippen LogP contribution in [0, 0.1) is 6.92 Å². The number of aromatic nitrogens is 3.